The van der Waals surface area contributed by atoms with E-state index in [2.05, 4.69) is 51.4 Å². The van der Waals surface area contributed by atoms with Crippen LogP contribution in [0.4, 0.5) is 13.2 Å². The minimum atomic E-state index is -5.08. The average molecular weight is 408 g/mol. The Labute approximate surface area is 166 Å². The van der Waals surface area contributed by atoms with E-state index in [-0.39, 0.29) is 0 Å². The number of aliphatic carboxylic acids is 1. The molecule has 0 bridgehead atoms. The number of hydrogen-bond donors (Lipinski definition) is 1. The fourth-order valence-corrected chi connectivity index (χ4v) is 3.85. The summed E-state index contributed by atoms with van der Waals surface area (Å²) < 4.78 is 33.7. The first-order valence-electron chi connectivity index (χ1n) is 9.44. The van der Waals surface area contributed by atoms with Gasteiger partial charge in [0, 0.05) is 12.0 Å². The number of aromatic nitrogens is 3. The molecule has 9 heteroatoms. The van der Waals surface area contributed by atoms with Crippen LogP contribution in [-0.2, 0) is 16.8 Å². The predicted molar refractivity (Wildman–Crippen MR) is 101 cm³/mol. The number of halogens is 3. The van der Waals surface area contributed by atoms with Crippen LogP contribution in [0.15, 0.2) is 43.0 Å². The number of allylic oxidation sites excluding steroid dienone is 1. The molecule has 4 rings (SSSR count). The number of carboxylic acid groups (broad SMARTS) is 1. The molecule has 1 aliphatic heterocycles. The smallest absolute Gasteiger partial charge is 0.475 e. The summed E-state index contributed by atoms with van der Waals surface area (Å²) in [6.07, 6.45) is 6.70. The number of carbonyl (C=O) groups is 1. The Kier molecular flexibility index (Phi) is 6.36. The summed E-state index contributed by atoms with van der Waals surface area (Å²) >= 11 is 0. The number of benzene rings is 1. The van der Waals surface area contributed by atoms with Crippen molar-refractivity contribution in [2.24, 2.45) is 0 Å². The number of piperidine rings is 1. The van der Waals surface area contributed by atoms with Gasteiger partial charge < -0.3 is 10.0 Å². The van der Waals surface area contributed by atoms with Crippen molar-refractivity contribution in [2.75, 3.05) is 19.6 Å². The zero-order valence-corrected chi connectivity index (χ0v) is 15.8. The van der Waals surface area contributed by atoms with Gasteiger partial charge in [0.15, 0.2) is 0 Å². The van der Waals surface area contributed by atoms with Gasteiger partial charge in [0.25, 0.3) is 0 Å². The van der Waals surface area contributed by atoms with Crippen molar-refractivity contribution in [3.05, 3.63) is 54.1 Å². The second kappa shape index (κ2) is 8.77. The Bertz CT molecular complexity index is 842. The van der Waals surface area contributed by atoms with Gasteiger partial charge in [-0.2, -0.15) is 18.3 Å². The highest BCUT2D eigenvalue weighted by Gasteiger charge is 2.38. The molecule has 1 aromatic heterocycles. The van der Waals surface area contributed by atoms with Crippen LogP contribution in [-0.4, -0.2) is 56.6 Å². The van der Waals surface area contributed by atoms with E-state index in [9.17, 15) is 13.2 Å². The molecule has 0 atom stereocenters. The zero-order valence-electron chi connectivity index (χ0n) is 15.8. The van der Waals surface area contributed by atoms with E-state index in [0.717, 1.165) is 19.5 Å². The average Bonchev–Trinajstić information content (AvgIpc) is 3.33. The summed E-state index contributed by atoms with van der Waals surface area (Å²) in [5.74, 6) is -2.76. The third-order valence-electron chi connectivity index (χ3n) is 5.40. The lowest BCUT2D eigenvalue weighted by Crippen LogP contribution is -2.41. The number of likely N-dealkylation sites (tertiary alicyclic amines) is 1. The van der Waals surface area contributed by atoms with Crippen molar-refractivity contribution in [2.45, 2.75) is 37.4 Å². The predicted octanol–water partition coefficient (Wildman–Crippen LogP) is 3.36. The van der Waals surface area contributed by atoms with Crippen molar-refractivity contribution in [3.8, 4) is 0 Å². The van der Waals surface area contributed by atoms with E-state index in [4.69, 9.17) is 9.90 Å². The van der Waals surface area contributed by atoms with Gasteiger partial charge in [-0.1, -0.05) is 36.4 Å². The first kappa shape index (κ1) is 21.0. The molecule has 0 radical (unpaired) electrons. The fourth-order valence-electron chi connectivity index (χ4n) is 3.85. The lowest BCUT2D eigenvalue weighted by atomic mass is 9.74. The van der Waals surface area contributed by atoms with Gasteiger partial charge in [-0.05, 0) is 50.0 Å². The summed E-state index contributed by atoms with van der Waals surface area (Å²) in [5.41, 5.74) is 3.26. The van der Waals surface area contributed by atoms with E-state index in [1.54, 1.807) is 12.7 Å². The lowest BCUT2D eigenvalue weighted by molar-refractivity contribution is -0.192. The first-order valence-corrected chi connectivity index (χ1v) is 9.44. The Balaban J connectivity index is 0.000000298. The molecule has 0 saturated carbocycles. The fraction of sp³-hybridized carbons (Fsp3) is 0.450. The molecular weight excluding hydrogens is 385 g/mol. The van der Waals surface area contributed by atoms with Gasteiger partial charge in [-0.3, -0.25) is 4.68 Å². The first-order chi connectivity index (χ1) is 13.8. The van der Waals surface area contributed by atoms with E-state index in [1.807, 2.05) is 4.68 Å². The van der Waals surface area contributed by atoms with Crippen LogP contribution in [0.3, 0.4) is 0 Å². The molecule has 1 saturated heterocycles. The number of hydrogen-bond acceptors (Lipinski definition) is 4. The summed E-state index contributed by atoms with van der Waals surface area (Å²) in [6.45, 7) is 4.50. The van der Waals surface area contributed by atoms with Gasteiger partial charge in [0.05, 0.1) is 0 Å². The molecule has 156 valence electrons. The highest BCUT2D eigenvalue weighted by molar-refractivity contribution is 5.73. The van der Waals surface area contributed by atoms with Crippen LogP contribution in [0, 0.1) is 0 Å². The Morgan fingerprint density at radius 3 is 2.48 bits per heavy atom. The third-order valence-corrected chi connectivity index (χ3v) is 5.40. The maximum atomic E-state index is 10.6. The maximum absolute atomic E-state index is 10.6. The molecule has 2 aromatic rings. The lowest BCUT2D eigenvalue weighted by Gasteiger charge is -2.39. The molecule has 2 heterocycles. The topological polar surface area (TPSA) is 71.2 Å². The normalized spacial score (nSPS) is 17.6. The summed E-state index contributed by atoms with van der Waals surface area (Å²) in [7, 11) is 0. The van der Waals surface area contributed by atoms with Gasteiger partial charge in [-0.15, -0.1) is 0 Å². The van der Waals surface area contributed by atoms with Crippen LogP contribution >= 0.6 is 0 Å². The second-order valence-corrected chi connectivity index (χ2v) is 7.23. The van der Waals surface area contributed by atoms with E-state index < -0.39 is 12.1 Å². The minimum Gasteiger partial charge on any atom is -0.475 e. The van der Waals surface area contributed by atoms with Crippen LogP contribution in [0.2, 0.25) is 0 Å². The molecule has 2 aliphatic rings. The van der Waals surface area contributed by atoms with E-state index in [1.165, 1.54) is 37.1 Å². The molecule has 1 aromatic carbocycles. The quantitative estimate of drug-likeness (QED) is 0.840. The number of aryl methyl sites for hydroxylation is 1. The van der Waals surface area contributed by atoms with Crippen LogP contribution in [0.25, 0.3) is 6.08 Å². The summed E-state index contributed by atoms with van der Waals surface area (Å²) in [4.78, 5) is 15.5. The SMILES string of the molecule is C1=CC2(CCN(CCCn3cncn3)CC2)c2ccccc21.O=C(O)C(F)(F)F. The van der Waals surface area contributed by atoms with Crippen molar-refractivity contribution >= 4 is 12.0 Å². The summed E-state index contributed by atoms with van der Waals surface area (Å²) in [6, 6.07) is 8.88. The molecule has 0 amide bonds. The van der Waals surface area contributed by atoms with Gasteiger partial charge in [0.2, 0.25) is 0 Å². The second-order valence-electron chi connectivity index (χ2n) is 7.23. The Hall–Kier alpha value is -2.68. The van der Waals surface area contributed by atoms with E-state index in [0.29, 0.717) is 5.41 Å². The molecule has 0 unspecified atom stereocenters. The van der Waals surface area contributed by atoms with Gasteiger partial charge in [0.1, 0.15) is 12.7 Å². The van der Waals surface area contributed by atoms with Crippen LogP contribution < -0.4 is 0 Å². The largest absolute Gasteiger partial charge is 0.490 e. The number of alkyl halides is 3. The maximum Gasteiger partial charge on any atom is 0.490 e. The van der Waals surface area contributed by atoms with Crippen molar-refractivity contribution in [3.63, 3.8) is 0 Å². The van der Waals surface area contributed by atoms with Gasteiger partial charge in [-0.25, -0.2) is 9.78 Å². The number of rotatable bonds is 4. The summed E-state index contributed by atoms with van der Waals surface area (Å²) in [5, 5.41) is 11.3. The number of nitrogens with zero attached hydrogens (tertiary/aromatic N) is 4. The number of carboxylic acids is 1. The minimum absolute atomic E-state index is 0.305. The Morgan fingerprint density at radius 2 is 1.86 bits per heavy atom. The molecule has 1 aliphatic carbocycles. The Morgan fingerprint density at radius 1 is 1.17 bits per heavy atom. The van der Waals surface area contributed by atoms with Crippen molar-refractivity contribution < 1.29 is 23.1 Å². The highest BCUT2D eigenvalue weighted by atomic mass is 19.4. The standard InChI is InChI=1S/C18H22N4.C2HF3O2/c1-2-5-17-16(4-1)6-7-18(17)8-12-21(13-9-18)10-3-11-22-15-19-14-20-22;3-2(4,5)1(6)7/h1-2,4-7,14-15H,3,8-13H2;(H,6,7). The highest BCUT2D eigenvalue weighted by Crippen LogP contribution is 2.43. The van der Waals surface area contributed by atoms with Crippen molar-refractivity contribution in [1.29, 1.82) is 0 Å². The number of fused-ring (bicyclic) bond motifs is 2. The molecule has 1 N–H and O–H groups in total. The molecule has 29 heavy (non-hydrogen) atoms. The molecule has 1 fully saturated rings. The van der Waals surface area contributed by atoms with Crippen molar-refractivity contribution in [1.82, 2.24) is 19.7 Å². The van der Waals surface area contributed by atoms with Crippen LogP contribution in [0.5, 0.6) is 0 Å². The molecule has 6 nitrogen and oxygen atoms in total. The zero-order chi connectivity index (χ0) is 20.9. The molecular formula is C20H23F3N4O2. The monoisotopic (exact) mass is 408 g/mol. The molecule has 1 spiro atoms. The van der Waals surface area contributed by atoms with E-state index >= 15 is 0 Å². The van der Waals surface area contributed by atoms with Crippen LogP contribution in [0.1, 0.15) is 30.4 Å². The van der Waals surface area contributed by atoms with Gasteiger partial charge >= 0.3 is 12.1 Å². The third kappa shape index (κ3) is 5.23.